The molecule has 1 fully saturated rings. The molecule has 2 aliphatic heterocycles. The van der Waals surface area contributed by atoms with Gasteiger partial charge in [0.25, 0.3) is 0 Å². The zero-order valence-electron chi connectivity index (χ0n) is 23.6. The number of halogens is 3. The monoisotopic (exact) mass is 570 g/mol. The first-order valence-electron chi connectivity index (χ1n) is 14.7. The van der Waals surface area contributed by atoms with Crippen molar-refractivity contribution in [2.45, 2.75) is 44.1 Å². The van der Waals surface area contributed by atoms with Crippen LogP contribution in [0.5, 0.6) is 5.75 Å². The van der Waals surface area contributed by atoms with Crippen molar-refractivity contribution in [2.24, 2.45) is 0 Å². The molecule has 0 saturated carbocycles. The molecule has 0 N–H and O–H groups in total. The molecule has 3 aliphatic rings. The highest BCUT2D eigenvalue weighted by Gasteiger charge is 2.33. The quantitative estimate of drug-likeness (QED) is 0.263. The van der Waals surface area contributed by atoms with Crippen LogP contribution in [0.15, 0.2) is 60.8 Å². The topological polar surface area (TPSA) is 41.5 Å². The lowest BCUT2D eigenvalue weighted by molar-refractivity contribution is 0.253. The van der Waals surface area contributed by atoms with Crippen LogP contribution in [0.2, 0.25) is 0 Å². The number of nitrogens with zero attached hydrogens (tertiary/aromatic N) is 4. The fraction of sp³-hybridized carbons (Fsp3) is 0.353. The van der Waals surface area contributed by atoms with E-state index in [0.717, 1.165) is 50.5 Å². The van der Waals surface area contributed by atoms with E-state index in [-0.39, 0.29) is 35.6 Å². The fourth-order valence-electron chi connectivity index (χ4n) is 6.83. The van der Waals surface area contributed by atoms with Gasteiger partial charge in [-0.3, -0.25) is 0 Å². The van der Waals surface area contributed by atoms with E-state index in [1.165, 1.54) is 23.3 Å². The molecule has 1 unspecified atom stereocenters. The molecule has 8 heteroatoms. The molecule has 1 aliphatic carbocycles. The molecule has 0 spiro atoms. The molecule has 216 valence electrons. The van der Waals surface area contributed by atoms with Crippen LogP contribution in [0.25, 0.3) is 11.3 Å². The maximum atomic E-state index is 15.4. The van der Waals surface area contributed by atoms with Crippen LogP contribution < -0.4 is 9.64 Å². The van der Waals surface area contributed by atoms with Gasteiger partial charge >= 0.3 is 0 Å². The Morgan fingerprint density at radius 1 is 0.881 bits per heavy atom. The number of likely N-dealkylation sites (tertiary alicyclic amines) is 1. The summed E-state index contributed by atoms with van der Waals surface area (Å²) in [5, 5.41) is 0. The van der Waals surface area contributed by atoms with Crippen molar-refractivity contribution < 1.29 is 17.9 Å². The van der Waals surface area contributed by atoms with Crippen LogP contribution in [-0.4, -0.2) is 48.2 Å². The summed E-state index contributed by atoms with van der Waals surface area (Å²) in [6.07, 6.45) is 5.09. The van der Waals surface area contributed by atoms with Gasteiger partial charge in [0.15, 0.2) is 17.4 Å². The molecule has 4 aromatic rings. The van der Waals surface area contributed by atoms with E-state index in [4.69, 9.17) is 4.74 Å². The predicted octanol–water partition coefficient (Wildman–Crippen LogP) is 6.85. The van der Waals surface area contributed by atoms with E-state index < -0.39 is 11.6 Å². The predicted molar refractivity (Wildman–Crippen MR) is 156 cm³/mol. The van der Waals surface area contributed by atoms with Crippen LogP contribution in [-0.2, 0) is 12.8 Å². The number of ether oxygens (including phenoxy) is 1. The van der Waals surface area contributed by atoms with Crippen molar-refractivity contribution in [3.63, 3.8) is 0 Å². The summed E-state index contributed by atoms with van der Waals surface area (Å²) in [5.41, 5.74) is 4.92. The van der Waals surface area contributed by atoms with Crippen molar-refractivity contribution in [3.05, 3.63) is 106 Å². The van der Waals surface area contributed by atoms with Crippen LogP contribution in [0.4, 0.5) is 18.9 Å². The maximum Gasteiger partial charge on any atom is 0.178 e. The van der Waals surface area contributed by atoms with Gasteiger partial charge in [-0.1, -0.05) is 36.4 Å². The SMILES string of the molecule is CN1CCC(c2ccc(Cc3ncc(F)c(-c4cc(F)c5c(c4)N(C4CCc6ccccc64)CCO5)n3)cc2F)CC1. The molecule has 5 nitrogen and oxygen atoms in total. The Morgan fingerprint density at radius 3 is 2.55 bits per heavy atom. The molecule has 3 heterocycles. The number of rotatable bonds is 5. The van der Waals surface area contributed by atoms with Crippen molar-refractivity contribution in [3.8, 4) is 17.0 Å². The summed E-state index contributed by atoms with van der Waals surface area (Å²) < 4.78 is 51.5. The summed E-state index contributed by atoms with van der Waals surface area (Å²) in [7, 11) is 2.09. The Bertz CT molecular complexity index is 1640. The molecule has 3 aromatic carbocycles. The number of hydrogen-bond donors (Lipinski definition) is 0. The largest absolute Gasteiger partial charge is 0.486 e. The fourth-order valence-corrected chi connectivity index (χ4v) is 6.83. The lowest BCUT2D eigenvalue weighted by atomic mass is 9.88. The molecule has 1 saturated heterocycles. The van der Waals surface area contributed by atoms with Gasteiger partial charge in [-0.05, 0) is 92.2 Å². The molecule has 7 rings (SSSR count). The Morgan fingerprint density at radius 2 is 1.71 bits per heavy atom. The lowest BCUT2D eigenvalue weighted by Crippen LogP contribution is -2.35. The highest BCUT2D eigenvalue weighted by Crippen LogP contribution is 2.45. The van der Waals surface area contributed by atoms with Crippen molar-refractivity contribution in [1.82, 2.24) is 14.9 Å². The Balaban J connectivity index is 1.17. The minimum atomic E-state index is -0.642. The van der Waals surface area contributed by atoms with Crippen LogP contribution in [0.3, 0.4) is 0 Å². The molecule has 42 heavy (non-hydrogen) atoms. The summed E-state index contributed by atoms with van der Waals surface area (Å²) in [6.45, 7) is 2.89. The second-order valence-corrected chi connectivity index (χ2v) is 11.7. The standard InChI is InChI=1S/C34H33F3N4O/c1-40-12-10-23(11-13-40)25-8-6-21(16-27(25)35)17-32-38-20-29(37)33(39-32)24-18-28(36)34-31(19-24)41(14-15-42-34)30-9-7-22-4-2-3-5-26(22)30/h2-6,8,16,18-20,23,30H,7,9-15,17H2,1H3. The highest BCUT2D eigenvalue weighted by molar-refractivity contribution is 5.73. The van der Waals surface area contributed by atoms with E-state index in [1.54, 1.807) is 6.07 Å². The Hall–Kier alpha value is -3.91. The first kappa shape index (κ1) is 27.0. The maximum absolute atomic E-state index is 15.4. The molecule has 1 atom stereocenters. The molecule has 1 aromatic heterocycles. The van der Waals surface area contributed by atoms with Gasteiger partial charge in [-0.2, -0.15) is 0 Å². The van der Waals surface area contributed by atoms with E-state index in [1.807, 2.05) is 24.3 Å². The van der Waals surface area contributed by atoms with Gasteiger partial charge in [0.2, 0.25) is 0 Å². The number of hydrogen-bond acceptors (Lipinski definition) is 5. The zero-order chi connectivity index (χ0) is 28.8. The van der Waals surface area contributed by atoms with Gasteiger partial charge in [-0.15, -0.1) is 0 Å². The van der Waals surface area contributed by atoms with Gasteiger partial charge in [-0.25, -0.2) is 23.1 Å². The smallest absolute Gasteiger partial charge is 0.178 e. The zero-order valence-corrected chi connectivity index (χ0v) is 23.6. The van der Waals surface area contributed by atoms with Crippen molar-refractivity contribution >= 4 is 5.69 Å². The van der Waals surface area contributed by atoms with Crippen molar-refractivity contribution in [2.75, 3.05) is 38.2 Å². The third-order valence-corrected chi connectivity index (χ3v) is 9.04. The highest BCUT2D eigenvalue weighted by atomic mass is 19.1. The van der Waals surface area contributed by atoms with Crippen LogP contribution in [0, 0.1) is 17.5 Å². The number of aromatic nitrogens is 2. The van der Waals surface area contributed by atoms with E-state index in [2.05, 4.69) is 38.9 Å². The first-order chi connectivity index (χ1) is 20.4. The number of fused-ring (bicyclic) bond motifs is 2. The molecule has 0 radical (unpaired) electrons. The van der Waals surface area contributed by atoms with Crippen LogP contribution in [0.1, 0.15) is 59.3 Å². The minimum absolute atomic E-state index is 0.0162. The number of piperidine rings is 1. The number of aryl methyl sites for hydroxylation is 1. The van der Waals surface area contributed by atoms with E-state index in [0.29, 0.717) is 35.8 Å². The third-order valence-electron chi connectivity index (χ3n) is 9.04. The summed E-state index contributed by atoms with van der Waals surface area (Å²) in [4.78, 5) is 13.1. The van der Waals surface area contributed by atoms with Gasteiger partial charge in [0, 0.05) is 12.0 Å². The summed E-state index contributed by atoms with van der Waals surface area (Å²) >= 11 is 0. The molecule has 0 amide bonds. The average molecular weight is 571 g/mol. The summed E-state index contributed by atoms with van der Waals surface area (Å²) in [6, 6.07) is 16.8. The van der Waals surface area contributed by atoms with Gasteiger partial charge < -0.3 is 14.5 Å². The average Bonchev–Trinajstić information content (AvgIpc) is 3.43. The van der Waals surface area contributed by atoms with E-state index in [9.17, 15) is 0 Å². The minimum Gasteiger partial charge on any atom is -0.486 e. The molecule has 0 bridgehead atoms. The van der Waals surface area contributed by atoms with Gasteiger partial charge in [0.1, 0.15) is 23.9 Å². The second-order valence-electron chi connectivity index (χ2n) is 11.7. The lowest BCUT2D eigenvalue weighted by Gasteiger charge is -2.37. The summed E-state index contributed by atoms with van der Waals surface area (Å²) in [5.74, 6) is -0.683. The second kappa shape index (κ2) is 11.1. The van der Waals surface area contributed by atoms with E-state index >= 15 is 13.2 Å². The molecular formula is C34H33F3N4O. The van der Waals surface area contributed by atoms with Gasteiger partial charge in [0.05, 0.1) is 24.5 Å². The normalized spacial score (nSPS) is 19.0. The third kappa shape index (κ3) is 5.02. The van der Waals surface area contributed by atoms with Crippen molar-refractivity contribution in [1.29, 1.82) is 0 Å². The van der Waals surface area contributed by atoms with Crippen LogP contribution >= 0.6 is 0 Å². The Kier molecular flexibility index (Phi) is 7.10. The number of anilines is 1. The first-order valence-corrected chi connectivity index (χ1v) is 14.7. The number of benzene rings is 3. The molecular weight excluding hydrogens is 537 g/mol. The Labute approximate surface area is 244 Å².